The third-order valence-electron chi connectivity index (χ3n) is 4.60. The fraction of sp³-hybridized carbons (Fsp3) is 1.00. The molecule has 2 aliphatic rings. The molecule has 0 spiro atoms. The summed E-state index contributed by atoms with van der Waals surface area (Å²) in [7, 11) is 2.07. The first-order chi connectivity index (χ1) is 8.83. The third-order valence-corrected chi connectivity index (χ3v) is 4.60. The van der Waals surface area contributed by atoms with Crippen molar-refractivity contribution in [1.29, 1.82) is 0 Å². The van der Waals surface area contributed by atoms with Crippen LogP contribution < -0.4 is 5.32 Å². The quantitative estimate of drug-likeness (QED) is 0.775. The Morgan fingerprint density at radius 3 is 2.50 bits per heavy atom. The number of hydrogen-bond acceptors (Lipinski definition) is 4. The molecule has 2 rings (SSSR count). The van der Waals surface area contributed by atoms with Crippen molar-refractivity contribution in [3.05, 3.63) is 0 Å². The summed E-state index contributed by atoms with van der Waals surface area (Å²) in [6.07, 6.45) is 5.29. The van der Waals surface area contributed by atoms with E-state index in [1.165, 1.54) is 25.7 Å². The molecule has 2 fully saturated rings. The standard InChI is InChI=1S/C14H28N2O2/c1-3-17-12-13(15-2)14(6-4-5-7-14)16-8-10-18-11-9-16/h13,15H,3-12H2,1-2H3. The van der Waals surface area contributed by atoms with Crippen molar-refractivity contribution in [2.75, 3.05) is 46.6 Å². The number of morpholine rings is 1. The van der Waals surface area contributed by atoms with Crippen molar-refractivity contribution >= 4 is 0 Å². The van der Waals surface area contributed by atoms with Gasteiger partial charge < -0.3 is 14.8 Å². The van der Waals surface area contributed by atoms with Crippen LogP contribution in [0, 0.1) is 0 Å². The summed E-state index contributed by atoms with van der Waals surface area (Å²) >= 11 is 0. The van der Waals surface area contributed by atoms with Gasteiger partial charge in [0.05, 0.1) is 19.8 Å². The number of hydrogen-bond donors (Lipinski definition) is 1. The van der Waals surface area contributed by atoms with Gasteiger partial charge in [0.2, 0.25) is 0 Å². The zero-order valence-electron chi connectivity index (χ0n) is 11.9. The molecular weight excluding hydrogens is 228 g/mol. The minimum atomic E-state index is 0.299. The summed E-state index contributed by atoms with van der Waals surface area (Å²) in [6, 6.07) is 0.443. The highest BCUT2D eigenvalue weighted by Crippen LogP contribution is 2.38. The molecule has 1 N–H and O–H groups in total. The fourth-order valence-electron chi connectivity index (χ4n) is 3.62. The van der Waals surface area contributed by atoms with Crippen molar-refractivity contribution in [2.24, 2.45) is 0 Å². The Balaban J connectivity index is 2.07. The molecule has 0 bridgehead atoms. The van der Waals surface area contributed by atoms with Crippen molar-refractivity contribution < 1.29 is 9.47 Å². The zero-order valence-corrected chi connectivity index (χ0v) is 11.9. The predicted molar refractivity (Wildman–Crippen MR) is 72.9 cm³/mol. The first-order valence-electron chi connectivity index (χ1n) is 7.41. The van der Waals surface area contributed by atoms with Gasteiger partial charge in [0.25, 0.3) is 0 Å². The van der Waals surface area contributed by atoms with Crippen LogP contribution in [0.3, 0.4) is 0 Å². The Hall–Kier alpha value is -0.160. The maximum Gasteiger partial charge on any atom is 0.0637 e. The van der Waals surface area contributed by atoms with Crippen LogP contribution in [0.4, 0.5) is 0 Å². The highest BCUT2D eigenvalue weighted by Gasteiger charge is 2.45. The van der Waals surface area contributed by atoms with Crippen molar-refractivity contribution in [3.8, 4) is 0 Å². The van der Waals surface area contributed by atoms with E-state index in [1.54, 1.807) is 0 Å². The van der Waals surface area contributed by atoms with Gasteiger partial charge in [-0.25, -0.2) is 0 Å². The Labute approximate surface area is 111 Å². The Morgan fingerprint density at radius 1 is 1.28 bits per heavy atom. The van der Waals surface area contributed by atoms with Crippen LogP contribution in [-0.4, -0.2) is 63.0 Å². The third kappa shape index (κ3) is 2.87. The van der Waals surface area contributed by atoms with Gasteiger partial charge in [0, 0.05) is 31.3 Å². The molecule has 1 aliphatic carbocycles. The molecule has 0 amide bonds. The summed E-state index contributed by atoms with van der Waals surface area (Å²) in [5.41, 5.74) is 0.299. The molecule has 106 valence electrons. The second kappa shape index (κ2) is 6.85. The summed E-state index contributed by atoms with van der Waals surface area (Å²) in [5.74, 6) is 0. The Kier molecular flexibility index (Phi) is 5.42. The Morgan fingerprint density at radius 2 is 1.94 bits per heavy atom. The van der Waals surface area contributed by atoms with E-state index in [4.69, 9.17) is 9.47 Å². The highest BCUT2D eigenvalue weighted by atomic mass is 16.5. The van der Waals surface area contributed by atoms with E-state index < -0.39 is 0 Å². The van der Waals surface area contributed by atoms with E-state index in [1.807, 2.05) is 0 Å². The van der Waals surface area contributed by atoms with E-state index >= 15 is 0 Å². The number of nitrogens with zero attached hydrogens (tertiary/aromatic N) is 1. The largest absolute Gasteiger partial charge is 0.380 e. The van der Waals surface area contributed by atoms with Crippen LogP contribution in [0.15, 0.2) is 0 Å². The lowest BCUT2D eigenvalue weighted by Crippen LogP contribution is -2.63. The summed E-state index contributed by atoms with van der Waals surface area (Å²) < 4.78 is 11.2. The van der Waals surface area contributed by atoms with Crippen LogP contribution in [0.5, 0.6) is 0 Å². The minimum Gasteiger partial charge on any atom is -0.380 e. The van der Waals surface area contributed by atoms with Gasteiger partial charge in [-0.05, 0) is 26.8 Å². The van der Waals surface area contributed by atoms with Gasteiger partial charge in [-0.2, -0.15) is 0 Å². The van der Waals surface area contributed by atoms with Crippen LogP contribution in [0.25, 0.3) is 0 Å². The van der Waals surface area contributed by atoms with Gasteiger partial charge in [-0.15, -0.1) is 0 Å². The zero-order chi connectivity index (χ0) is 12.8. The topological polar surface area (TPSA) is 33.7 Å². The summed E-state index contributed by atoms with van der Waals surface area (Å²) in [5, 5.41) is 3.51. The summed E-state index contributed by atoms with van der Waals surface area (Å²) in [4.78, 5) is 2.66. The maximum atomic E-state index is 5.69. The van der Waals surface area contributed by atoms with Crippen LogP contribution in [0.2, 0.25) is 0 Å². The molecular formula is C14H28N2O2. The van der Waals surface area contributed by atoms with Gasteiger partial charge in [-0.3, -0.25) is 4.90 Å². The molecule has 4 heteroatoms. The summed E-state index contributed by atoms with van der Waals surface area (Å²) in [6.45, 7) is 7.61. The SMILES string of the molecule is CCOCC(NC)C1(N2CCOCC2)CCCC1. The molecule has 18 heavy (non-hydrogen) atoms. The lowest BCUT2D eigenvalue weighted by molar-refractivity contribution is -0.0480. The number of nitrogens with one attached hydrogen (secondary N) is 1. The van der Waals surface area contributed by atoms with Gasteiger partial charge in [0.1, 0.15) is 0 Å². The number of likely N-dealkylation sites (N-methyl/N-ethyl adjacent to an activating group) is 1. The molecule has 4 nitrogen and oxygen atoms in total. The van der Waals surface area contributed by atoms with Crippen LogP contribution in [-0.2, 0) is 9.47 Å². The first-order valence-corrected chi connectivity index (χ1v) is 7.41. The average molecular weight is 256 g/mol. The second-order valence-corrected chi connectivity index (χ2v) is 5.41. The van der Waals surface area contributed by atoms with E-state index in [-0.39, 0.29) is 0 Å². The molecule has 0 radical (unpaired) electrons. The first kappa shape index (κ1) is 14.3. The number of ether oxygens (including phenoxy) is 2. The van der Waals surface area contributed by atoms with Crippen molar-refractivity contribution in [2.45, 2.75) is 44.2 Å². The van der Waals surface area contributed by atoms with E-state index in [0.29, 0.717) is 11.6 Å². The van der Waals surface area contributed by atoms with Gasteiger partial charge in [0.15, 0.2) is 0 Å². The normalized spacial score (nSPS) is 26.3. The van der Waals surface area contributed by atoms with Crippen LogP contribution in [0.1, 0.15) is 32.6 Å². The molecule has 1 saturated heterocycles. The maximum absolute atomic E-state index is 5.69. The van der Waals surface area contributed by atoms with E-state index in [2.05, 4.69) is 24.2 Å². The molecule has 0 aromatic rings. The second-order valence-electron chi connectivity index (χ2n) is 5.41. The Bertz CT molecular complexity index is 236. The molecule has 1 heterocycles. The van der Waals surface area contributed by atoms with Gasteiger partial charge >= 0.3 is 0 Å². The number of rotatable bonds is 6. The highest BCUT2D eigenvalue weighted by molar-refractivity contribution is 5.03. The fourth-order valence-corrected chi connectivity index (χ4v) is 3.62. The lowest BCUT2D eigenvalue weighted by Gasteiger charge is -2.48. The van der Waals surface area contributed by atoms with Gasteiger partial charge in [-0.1, -0.05) is 12.8 Å². The van der Waals surface area contributed by atoms with E-state index in [9.17, 15) is 0 Å². The lowest BCUT2D eigenvalue weighted by atomic mass is 9.86. The molecule has 1 atom stereocenters. The molecule has 1 unspecified atom stereocenters. The van der Waals surface area contributed by atoms with Crippen LogP contribution >= 0.6 is 0 Å². The monoisotopic (exact) mass is 256 g/mol. The van der Waals surface area contributed by atoms with Crippen molar-refractivity contribution in [1.82, 2.24) is 10.2 Å². The predicted octanol–water partition coefficient (Wildman–Crippen LogP) is 1.26. The molecule has 1 aliphatic heterocycles. The molecule has 1 saturated carbocycles. The minimum absolute atomic E-state index is 0.299. The van der Waals surface area contributed by atoms with Crippen molar-refractivity contribution in [3.63, 3.8) is 0 Å². The van der Waals surface area contributed by atoms with E-state index in [0.717, 1.165) is 39.5 Å². The molecule has 0 aromatic carbocycles. The smallest absolute Gasteiger partial charge is 0.0637 e. The average Bonchev–Trinajstić information content (AvgIpc) is 2.91. The molecule has 0 aromatic heterocycles.